The van der Waals surface area contributed by atoms with Gasteiger partial charge in [-0.3, -0.25) is 4.79 Å². The van der Waals surface area contributed by atoms with Gasteiger partial charge >= 0.3 is 5.97 Å². The van der Waals surface area contributed by atoms with E-state index in [1.54, 1.807) is 0 Å². The van der Waals surface area contributed by atoms with Gasteiger partial charge < -0.3 is 10.8 Å². The lowest BCUT2D eigenvalue weighted by molar-refractivity contribution is -0.697. The normalized spacial score (nSPS) is 12.3. The zero-order valence-corrected chi connectivity index (χ0v) is 8.67. The summed E-state index contributed by atoms with van der Waals surface area (Å²) in [5.74, 6) is -0.914. The van der Waals surface area contributed by atoms with Crippen molar-refractivity contribution in [2.45, 2.75) is 31.8 Å². The Morgan fingerprint density at radius 2 is 1.93 bits per heavy atom. The minimum Gasteiger partial charge on any atom is -0.480 e. The van der Waals surface area contributed by atoms with Crippen LogP contribution in [0.15, 0.2) is 30.6 Å². The molecule has 1 aromatic rings. The monoisotopic (exact) mass is 209 g/mol. The Morgan fingerprint density at radius 1 is 1.27 bits per heavy atom. The highest BCUT2D eigenvalue weighted by atomic mass is 16.4. The second-order valence-corrected chi connectivity index (χ2v) is 3.55. The highest BCUT2D eigenvalue weighted by Gasteiger charge is 2.10. The summed E-state index contributed by atoms with van der Waals surface area (Å²) in [6.45, 7) is 0.910. The van der Waals surface area contributed by atoms with Crippen molar-refractivity contribution in [1.29, 1.82) is 0 Å². The van der Waals surface area contributed by atoms with Gasteiger partial charge in [0.25, 0.3) is 0 Å². The van der Waals surface area contributed by atoms with Crippen LogP contribution < -0.4 is 10.3 Å². The van der Waals surface area contributed by atoms with Crippen LogP contribution in [0.5, 0.6) is 0 Å². The SMILES string of the molecule is NC(CCCC[n+]1ccccc1)C(=O)O. The minimum atomic E-state index is -0.914. The Hall–Kier alpha value is -1.42. The van der Waals surface area contributed by atoms with Crippen molar-refractivity contribution in [1.82, 2.24) is 0 Å². The van der Waals surface area contributed by atoms with Crippen molar-refractivity contribution in [3.63, 3.8) is 0 Å². The first-order valence-electron chi connectivity index (χ1n) is 5.12. The van der Waals surface area contributed by atoms with E-state index in [0.717, 1.165) is 19.4 Å². The average Bonchev–Trinajstić information content (AvgIpc) is 2.25. The molecular formula is C11H17N2O2+. The summed E-state index contributed by atoms with van der Waals surface area (Å²) in [5, 5.41) is 8.57. The average molecular weight is 209 g/mol. The van der Waals surface area contributed by atoms with Gasteiger partial charge in [-0.05, 0) is 12.8 Å². The Morgan fingerprint density at radius 3 is 2.53 bits per heavy atom. The zero-order valence-electron chi connectivity index (χ0n) is 8.67. The third-order valence-electron chi connectivity index (χ3n) is 2.28. The van der Waals surface area contributed by atoms with E-state index in [1.165, 1.54) is 0 Å². The predicted molar refractivity (Wildman–Crippen MR) is 56.1 cm³/mol. The molecule has 1 aromatic heterocycles. The van der Waals surface area contributed by atoms with Crippen molar-refractivity contribution < 1.29 is 14.5 Å². The highest BCUT2D eigenvalue weighted by molar-refractivity contribution is 5.72. The van der Waals surface area contributed by atoms with Gasteiger partial charge in [-0.25, -0.2) is 4.57 Å². The smallest absolute Gasteiger partial charge is 0.320 e. The number of aliphatic carboxylic acids is 1. The molecule has 0 saturated heterocycles. The van der Waals surface area contributed by atoms with E-state index in [2.05, 4.69) is 4.57 Å². The van der Waals surface area contributed by atoms with Gasteiger partial charge in [-0.2, -0.15) is 0 Å². The minimum absolute atomic E-state index is 0.544. The lowest BCUT2D eigenvalue weighted by atomic mass is 10.1. The number of aromatic nitrogens is 1. The summed E-state index contributed by atoms with van der Waals surface area (Å²) < 4.78 is 2.08. The molecule has 0 saturated carbocycles. The van der Waals surface area contributed by atoms with Gasteiger partial charge in [0.2, 0.25) is 0 Å². The number of hydrogen-bond acceptors (Lipinski definition) is 2. The number of unbranched alkanes of at least 4 members (excludes halogenated alkanes) is 1. The summed E-state index contributed by atoms with van der Waals surface area (Å²) in [4.78, 5) is 10.4. The molecule has 0 fully saturated rings. The topological polar surface area (TPSA) is 67.2 Å². The van der Waals surface area contributed by atoms with E-state index in [-0.39, 0.29) is 0 Å². The van der Waals surface area contributed by atoms with Crippen molar-refractivity contribution in [2.24, 2.45) is 5.73 Å². The standard InChI is InChI=1S/C11H16N2O2/c12-10(11(14)15)6-2-5-9-13-7-3-1-4-8-13/h1,3-4,7-8,10H,2,5-6,9,12H2/p+1. The molecule has 0 spiro atoms. The Labute approximate surface area is 89.3 Å². The van der Waals surface area contributed by atoms with Crippen molar-refractivity contribution in [3.8, 4) is 0 Å². The second kappa shape index (κ2) is 6.14. The number of carboxylic acid groups (broad SMARTS) is 1. The molecule has 0 aliphatic rings. The molecule has 0 aliphatic heterocycles. The molecule has 1 atom stereocenters. The maximum absolute atomic E-state index is 10.4. The van der Waals surface area contributed by atoms with Crippen LogP contribution in [0.3, 0.4) is 0 Å². The van der Waals surface area contributed by atoms with Gasteiger partial charge in [-0.15, -0.1) is 0 Å². The van der Waals surface area contributed by atoms with Gasteiger partial charge in [0, 0.05) is 18.6 Å². The quantitative estimate of drug-likeness (QED) is 0.531. The van der Waals surface area contributed by atoms with Crippen molar-refractivity contribution in [2.75, 3.05) is 0 Å². The molecule has 4 nitrogen and oxygen atoms in total. The molecule has 4 heteroatoms. The number of carbonyl (C=O) groups is 1. The maximum Gasteiger partial charge on any atom is 0.320 e. The van der Waals surface area contributed by atoms with E-state index >= 15 is 0 Å². The summed E-state index contributed by atoms with van der Waals surface area (Å²) in [7, 11) is 0. The first-order chi connectivity index (χ1) is 7.20. The number of hydrogen-bond donors (Lipinski definition) is 2. The third kappa shape index (κ3) is 4.56. The van der Waals surface area contributed by atoms with Crippen molar-refractivity contribution in [3.05, 3.63) is 30.6 Å². The van der Waals surface area contributed by atoms with Crippen LogP contribution >= 0.6 is 0 Å². The number of pyridine rings is 1. The van der Waals surface area contributed by atoms with Crippen LogP contribution in [-0.4, -0.2) is 17.1 Å². The molecular weight excluding hydrogens is 192 g/mol. The molecule has 82 valence electrons. The van der Waals surface area contributed by atoms with E-state index in [1.807, 2.05) is 30.6 Å². The fraction of sp³-hybridized carbons (Fsp3) is 0.455. The van der Waals surface area contributed by atoms with Crippen LogP contribution in [0, 0.1) is 0 Å². The molecule has 0 bridgehead atoms. The lowest BCUT2D eigenvalue weighted by Gasteiger charge is -2.04. The molecule has 0 aromatic carbocycles. The van der Waals surface area contributed by atoms with Gasteiger partial charge in [-0.1, -0.05) is 6.07 Å². The number of rotatable bonds is 6. The molecule has 15 heavy (non-hydrogen) atoms. The lowest BCUT2D eigenvalue weighted by Crippen LogP contribution is -2.33. The number of nitrogens with zero attached hydrogens (tertiary/aromatic N) is 1. The number of aryl methyl sites for hydroxylation is 1. The van der Waals surface area contributed by atoms with Gasteiger partial charge in [0.15, 0.2) is 12.4 Å². The van der Waals surface area contributed by atoms with E-state index in [0.29, 0.717) is 6.42 Å². The van der Waals surface area contributed by atoms with Crippen LogP contribution in [0.4, 0.5) is 0 Å². The fourth-order valence-corrected chi connectivity index (χ4v) is 1.37. The summed E-state index contributed by atoms with van der Waals surface area (Å²) in [6.07, 6.45) is 6.34. The first-order valence-corrected chi connectivity index (χ1v) is 5.12. The molecule has 1 unspecified atom stereocenters. The fourth-order valence-electron chi connectivity index (χ4n) is 1.37. The maximum atomic E-state index is 10.4. The Kier molecular flexibility index (Phi) is 4.77. The molecule has 0 aliphatic carbocycles. The molecule has 0 radical (unpaired) electrons. The van der Waals surface area contributed by atoms with Crippen LogP contribution in [0.25, 0.3) is 0 Å². The summed E-state index contributed by atoms with van der Waals surface area (Å²) in [5.41, 5.74) is 5.39. The predicted octanol–water partition coefficient (Wildman–Crippen LogP) is 0.556. The van der Waals surface area contributed by atoms with E-state index in [9.17, 15) is 4.79 Å². The molecule has 1 rings (SSSR count). The van der Waals surface area contributed by atoms with Gasteiger partial charge in [0.05, 0.1) is 0 Å². The number of carboxylic acids is 1. The highest BCUT2D eigenvalue weighted by Crippen LogP contribution is 1.99. The molecule has 0 amide bonds. The summed E-state index contributed by atoms with van der Waals surface area (Å²) >= 11 is 0. The Balaban J connectivity index is 2.15. The molecule has 1 heterocycles. The number of nitrogens with two attached hydrogens (primary N) is 1. The largest absolute Gasteiger partial charge is 0.480 e. The first kappa shape index (κ1) is 11.7. The van der Waals surface area contributed by atoms with E-state index < -0.39 is 12.0 Å². The van der Waals surface area contributed by atoms with Crippen LogP contribution in [0.1, 0.15) is 19.3 Å². The Bertz CT molecular complexity index is 301. The van der Waals surface area contributed by atoms with Gasteiger partial charge in [0.1, 0.15) is 12.6 Å². The van der Waals surface area contributed by atoms with Crippen LogP contribution in [-0.2, 0) is 11.3 Å². The van der Waals surface area contributed by atoms with E-state index in [4.69, 9.17) is 10.8 Å². The van der Waals surface area contributed by atoms with Crippen LogP contribution in [0.2, 0.25) is 0 Å². The third-order valence-corrected chi connectivity index (χ3v) is 2.28. The van der Waals surface area contributed by atoms with Crippen molar-refractivity contribution >= 4 is 5.97 Å². The molecule has 3 N–H and O–H groups in total. The summed E-state index contributed by atoms with van der Waals surface area (Å²) in [6, 6.07) is 5.20. The second-order valence-electron chi connectivity index (χ2n) is 3.55. The zero-order chi connectivity index (χ0) is 11.1.